The topological polar surface area (TPSA) is 78.5 Å². The lowest BCUT2D eigenvalue weighted by molar-refractivity contribution is 0.0941. The van der Waals surface area contributed by atoms with E-state index in [0.717, 1.165) is 11.3 Å². The zero-order valence-electron chi connectivity index (χ0n) is 11.8. The molecule has 21 heavy (non-hydrogen) atoms. The molecule has 0 bridgehead atoms. The molecule has 3 N–H and O–H groups in total. The predicted octanol–water partition coefficient (Wildman–Crippen LogP) is 1.75. The molecule has 1 aromatic carbocycles. The van der Waals surface area contributed by atoms with Crippen molar-refractivity contribution in [2.45, 2.75) is 20.0 Å². The molecule has 6 heteroatoms. The molecule has 0 saturated carbocycles. The van der Waals surface area contributed by atoms with Gasteiger partial charge in [-0.25, -0.2) is 0 Å². The Morgan fingerprint density at radius 2 is 2.14 bits per heavy atom. The van der Waals surface area contributed by atoms with Crippen molar-refractivity contribution in [2.24, 2.45) is 0 Å². The maximum absolute atomic E-state index is 12.2. The van der Waals surface area contributed by atoms with Crippen molar-refractivity contribution >= 4 is 11.6 Å². The maximum Gasteiger partial charge on any atom is 0.268 e. The molecule has 3 rings (SSSR count). The number of ether oxygens (including phenoxy) is 2. The number of hydrogen-bond donors (Lipinski definition) is 2. The van der Waals surface area contributed by atoms with Crippen molar-refractivity contribution in [1.29, 1.82) is 0 Å². The van der Waals surface area contributed by atoms with Gasteiger partial charge < -0.3 is 25.1 Å². The number of benzene rings is 1. The average molecular weight is 287 g/mol. The molecule has 0 aliphatic carbocycles. The average Bonchev–Trinajstić information content (AvgIpc) is 3.09. The molecule has 1 amide bonds. The van der Waals surface area contributed by atoms with Gasteiger partial charge in [-0.1, -0.05) is 6.07 Å². The minimum Gasteiger partial charge on any atom is -0.454 e. The summed E-state index contributed by atoms with van der Waals surface area (Å²) in [5.41, 5.74) is 7.84. The van der Waals surface area contributed by atoms with E-state index in [1.165, 1.54) is 0 Å². The van der Waals surface area contributed by atoms with Gasteiger partial charge in [0.15, 0.2) is 11.5 Å². The number of fused-ring (bicyclic) bond motifs is 1. The Balaban J connectivity index is 1.68. The van der Waals surface area contributed by atoms with E-state index in [1.54, 1.807) is 12.3 Å². The molecule has 1 aliphatic heterocycles. The van der Waals surface area contributed by atoms with Crippen molar-refractivity contribution in [3.05, 3.63) is 41.7 Å². The van der Waals surface area contributed by atoms with Crippen LogP contribution >= 0.6 is 0 Å². The van der Waals surface area contributed by atoms with Crippen LogP contribution in [0.4, 0.5) is 5.69 Å². The Hall–Kier alpha value is -2.63. The Kier molecular flexibility index (Phi) is 3.43. The van der Waals surface area contributed by atoms with Crippen LogP contribution in [0.1, 0.15) is 23.0 Å². The molecule has 2 heterocycles. The second kappa shape index (κ2) is 5.40. The highest BCUT2D eigenvalue weighted by atomic mass is 16.7. The summed E-state index contributed by atoms with van der Waals surface area (Å²) in [6, 6.07) is 7.30. The number of hydrogen-bond acceptors (Lipinski definition) is 4. The summed E-state index contributed by atoms with van der Waals surface area (Å²) in [5.74, 6) is 1.30. The Labute approximate surface area is 122 Å². The summed E-state index contributed by atoms with van der Waals surface area (Å²) in [6.07, 6.45) is 1.76. The van der Waals surface area contributed by atoms with Crippen LogP contribution in [0.2, 0.25) is 0 Å². The fourth-order valence-electron chi connectivity index (χ4n) is 2.31. The zero-order chi connectivity index (χ0) is 14.8. The summed E-state index contributed by atoms with van der Waals surface area (Å²) < 4.78 is 12.4. The molecule has 0 saturated heterocycles. The summed E-state index contributed by atoms with van der Waals surface area (Å²) in [4.78, 5) is 12.2. The van der Waals surface area contributed by atoms with Gasteiger partial charge in [0.25, 0.3) is 5.91 Å². The Morgan fingerprint density at radius 1 is 1.33 bits per heavy atom. The number of amides is 1. The number of nitrogen functional groups attached to an aromatic ring is 1. The number of carbonyl (C=O) groups excluding carboxylic acids is 1. The van der Waals surface area contributed by atoms with E-state index in [4.69, 9.17) is 15.2 Å². The number of carbonyl (C=O) groups is 1. The number of nitrogens with one attached hydrogen (secondary N) is 1. The SMILES string of the molecule is CCn1cc(N)cc1C(=O)NCc1ccc2c(c1)OCO2. The molecule has 0 radical (unpaired) electrons. The molecule has 0 atom stereocenters. The van der Waals surface area contributed by atoms with Crippen LogP contribution in [-0.4, -0.2) is 17.3 Å². The third-order valence-corrected chi connectivity index (χ3v) is 3.38. The highest BCUT2D eigenvalue weighted by molar-refractivity contribution is 5.93. The third-order valence-electron chi connectivity index (χ3n) is 3.38. The predicted molar refractivity (Wildman–Crippen MR) is 78.3 cm³/mol. The standard InChI is InChI=1S/C15H17N3O3/c1-2-18-8-11(16)6-12(18)15(19)17-7-10-3-4-13-14(5-10)21-9-20-13/h3-6,8H,2,7,9,16H2,1H3,(H,17,19). The minimum atomic E-state index is -0.147. The van der Waals surface area contributed by atoms with Gasteiger partial charge in [0.1, 0.15) is 5.69 Å². The molecule has 1 aliphatic rings. The summed E-state index contributed by atoms with van der Waals surface area (Å²) in [5, 5.41) is 2.88. The largest absolute Gasteiger partial charge is 0.454 e. The lowest BCUT2D eigenvalue weighted by Crippen LogP contribution is -2.25. The summed E-state index contributed by atoms with van der Waals surface area (Å²) >= 11 is 0. The number of rotatable bonds is 4. The molecular weight excluding hydrogens is 270 g/mol. The number of aryl methyl sites for hydroxylation is 1. The van der Waals surface area contributed by atoms with Crippen molar-refractivity contribution in [2.75, 3.05) is 12.5 Å². The maximum atomic E-state index is 12.2. The summed E-state index contributed by atoms with van der Waals surface area (Å²) in [7, 11) is 0. The van der Waals surface area contributed by atoms with E-state index in [2.05, 4.69) is 5.32 Å². The lowest BCUT2D eigenvalue weighted by atomic mass is 10.2. The highest BCUT2D eigenvalue weighted by Gasteiger charge is 2.15. The first kappa shape index (κ1) is 13.4. The highest BCUT2D eigenvalue weighted by Crippen LogP contribution is 2.32. The first-order chi connectivity index (χ1) is 10.2. The second-order valence-electron chi connectivity index (χ2n) is 4.81. The molecule has 0 unspecified atom stereocenters. The van der Waals surface area contributed by atoms with Crippen LogP contribution in [0.15, 0.2) is 30.5 Å². The van der Waals surface area contributed by atoms with Gasteiger partial charge in [0, 0.05) is 19.3 Å². The number of nitrogens with two attached hydrogens (primary N) is 1. The molecule has 0 spiro atoms. The van der Waals surface area contributed by atoms with Gasteiger partial charge in [-0.2, -0.15) is 0 Å². The van der Waals surface area contributed by atoms with E-state index in [0.29, 0.717) is 30.2 Å². The van der Waals surface area contributed by atoms with Gasteiger partial charge >= 0.3 is 0 Å². The van der Waals surface area contributed by atoms with E-state index in [-0.39, 0.29) is 12.7 Å². The first-order valence-electron chi connectivity index (χ1n) is 6.79. The number of aromatic nitrogens is 1. The van der Waals surface area contributed by atoms with E-state index >= 15 is 0 Å². The van der Waals surface area contributed by atoms with Crippen LogP contribution in [0.5, 0.6) is 11.5 Å². The Bertz CT molecular complexity index is 679. The third kappa shape index (κ3) is 2.65. The van der Waals surface area contributed by atoms with E-state index < -0.39 is 0 Å². The van der Waals surface area contributed by atoms with Gasteiger partial charge in [0.05, 0.1) is 5.69 Å². The van der Waals surface area contributed by atoms with Crippen LogP contribution in [0, 0.1) is 0 Å². The Morgan fingerprint density at radius 3 is 2.95 bits per heavy atom. The van der Waals surface area contributed by atoms with Gasteiger partial charge in [-0.05, 0) is 30.7 Å². The van der Waals surface area contributed by atoms with Crippen LogP contribution < -0.4 is 20.5 Å². The number of anilines is 1. The smallest absolute Gasteiger partial charge is 0.268 e. The number of nitrogens with zero attached hydrogens (tertiary/aromatic N) is 1. The van der Waals surface area contributed by atoms with E-state index in [9.17, 15) is 4.79 Å². The molecule has 2 aromatic rings. The van der Waals surface area contributed by atoms with Crippen molar-refractivity contribution in [3.8, 4) is 11.5 Å². The van der Waals surface area contributed by atoms with Crippen LogP contribution in [0.3, 0.4) is 0 Å². The molecular formula is C15H17N3O3. The van der Waals surface area contributed by atoms with Gasteiger partial charge in [-0.15, -0.1) is 0 Å². The first-order valence-corrected chi connectivity index (χ1v) is 6.79. The fourth-order valence-corrected chi connectivity index (χ4v) is 2.31. The quantitative estimate of drug-likeness (QED) is 0.898. The van der Waals surface area contributed by atoms with Gasteiger partial charge in [0.2, 0.25) is 6.79 Å². The minimum absolute atomic E-state index is 0.147. The van der Waals surface area contributed by atoms with Crippen LogP contribution in [0.25, 0.3) is 0 Å². The van der Waals surface area contributed by atoms with E-state index in [1.807, 2.05) is 29.7 Å². The lowest BCUT2D eigenvalue weighted by Gasteiger charge is -2.08. The molecule has 0 fully saturated rings. The normalized spacial score (nSPS) is 12.4. The van der Waals surface area contributed by atoms with Crippen molar-refractivity contribution < 1.29 is 14.3 Å². The molecule has 6 nitrogen and oxygen atoms in total. The fraction of sp³-hybridized carbons (Fsp3) is 0.267. The monoisotopic (exact) mass is 287 g/mol. The summed E-state index contributed by atoms with van der Waals surface area (Å²) in [6.45, 7) is 3.33. The van der Waals surface area contributed by atoms with Crippen molar-refractivity contribution in [3.63, 3.8) is 0 Å². The van der Waals surface area contributed by atoms with Gasteiger partial charge in [-0.3, -0.25) is 4.79 Å². The van der Waals surface area contributed by atoms with Crippen molar-refractivity contribution in [1.82, 2.24) is 9.88 Å². The zero-order valence-corrected chi connectivity index (χ0v) is 11.8. The van der Waals surface area contributed by atoms with Crippen LogP contribution in [-0.2, 0) is 13.1 Å². The second-order valence-corrected chi connectivity index (χ2v) is 4.81. The molecule has 110 valence electrons. The molecule has 1 aromatic heterocycles.